The summed E-state index contributed by atoms with van der Waals surface area (Å²) in [5.74, 6) is -0.106. The van der Waals surface area contributed by atoms with Crippen molar-refractivity contribution >= 4 is 15.9 Å². The molecule has 2 fully saturated rings. The predicted octanol–water partition coefficient (Wildman–Crippen LogP) is 1.77. The third-order valence-electron chi connectivity index (χ3n) is 5.76. The third kappa shape index (κ3) is 3.15. The van der Waals surface area contributed by atoms with Crippen molar-refractivity contribution in [2.75, 3.05) is 38.6 Å². The number of rotatable bonds is 2. The SMILES string of the molecule is O=C(NCC1CS(=O)(=O)c2ccccc21)N1CCOCC2(CCC2)C1. The van der Waals surface area contributed by atoms with Gasteiger partial charge >= 0.3 is 6.03 Å². The van der Waals surface area contributed by atoms with Crippen LogP contribution in [0.3, 0.4) is 0 Å². The van der Waals surface area contributed by atoms with Gasteiger partial charge in [-0.3, -0.25) is 0 Å². The monoisotopic (exact) mass is 364 g/mol. The van der Waals surface area contributed by atoms with Crippen molar-refractivity contribution in [3.8, 4) is 0 Å². The molecule has 7 heteroatoms. The first-order chi connectivity index (χ1) is 12.0. The van der Waals surface area contributed by atoms with E-state index in [1.54, 1.807) is 12.1 Å². The Morgan fingerprint density at radius 1 is 1.32 bits per heavy atom. The molecule has 0 bridgehead atoms. The van der Waals surface area contributed by atoms with E-state index in [0.29, 0.717) is 24.6 Å². The number of hydrogen-bond donors (Lipinski definition) is 1. The fourth-order valence-electron chi connectivity index (χ4n) is 4.18. The maximum atomic E-state index is 12.6. The Morgan fingerprint density at radius 3 is 2.88 bits per heavy atom. The lowest BCUT2D eigenvalue weighted by atomic mass is 9.69. The van der Waals surface area contributed by atoms with Gasteiger partial charge in [-0.15, -0.1) is 0 Å². The van der Waals surface area contributed by atoms with Crippen molar-refractivity contribution < 1.29 is 17.9 Å². The van der Waals surface area contributed by atoms with Crippen molar-refractivity contribution in [2.24, 2.45) is 5.41 Å². The van der Waals surface area contributed by atoms with Gasteiger partial charge in [0, 0.05) is 31.0 Å². The fourth-order valence-corrected chi connectivity index (χ4v) is 6.07. The quantitative estimate of drug-likeness (QED) is 0.868. The summed E-state index contributed by atoms with van der Waals surface area (Å²) in [5, 5.41) is 2.95. The third-order valence-corrected chi connectivity index (χ3v) is 7.64. The van der Waals surface area contributed by atoms with Crippen LogP contribution in [0.2, 0.25) is 0 Å². The van der Waals surface area contributed by atoms with Gasteiger partial charge in [-0.2, -0.15) is 0 Å². The van der Waals surface area contributed by atoms with Crippen LogP contribution >= 0.6 is 0 Å². The highest BCUT2D eigenvalue weighted by Crippen LogP contribution is 2.42. The van der Waals surface area contributed by atoms with Gasteiger partial charge in [0.15, 0.2) is 9.84 Å². The lowest BCUT2D eigenvalue weighted by molar-refractivity contribution is 0.0126. The predicted molar refractivity (Wildman–Crippen MR) is 93.3 cm³/mol. The highest BCUT2D eigenvalue weighted by Gasteiger charge is 2.41. The van der Waals surface area contributed by atoms with Crippen LogP contribution in [0.25, 0.3) is 0 Å². The largest absolute Gasteiger partial charge is 0.379 e. The standard InChI is InChI=1S/C18H24N2O4S/c21-17(20-8-9-24-13-18(12-20)6-3-7-18)19-10-14-11-25(22,23)16-5-2-1-4-15(14)16/h1-2,4-5,14H,3,6-13H2,(H,19,21). The Morgan fingerprint density at radius 2 is 2.12 bits per heavy atom. The molecule has 25 heavy (non-hydrogen) atoms. The normalized spacial score (nSPS) is 26.6. The number of carbonyl (C=O) groups is 1. The van der Waals surface area contributed by atoms with Crippen LogP contribution in [0.1, 0.15) is 30.7 Å². The average molecular weight is 364 g/mol. The number of fused-ring (bicyclic) bond motifs is 1. The van der Waals surface area contributed by atoms with Crippen molar-refractivity contribution in [3.63, 3.8) is 0 Å². The smallest absolute Gasteiger partial charge is 0.317 e. The number of hydrogen-bond acceptors (Lipinski definition) is 4. The second-order valence-corrected chi connectivity index (χ2v) is 9.53. The topological polar surface area (TPSA) is 75.7 Å². The molecule has 0 radical (unpaired) electrons. The number of nitrogens with one attached hydrogen (secondary N) is 1. The fraction of sp³-hybridized carbons (Fsp3) is 0.611. The first-order valence-corrected chi connectivity index (χ1v) is 10.6. The first kappa shape index (κ1) is 16.8. The minimum Gasteiger partial charge on any atom is -0.379 e. The molecule has 2 amide bonds. The number of amides is 2. The molecule has 1 saturated carbocycles. The van der Waals surface area contributed by atoms with E-state index in [2.05, 4.69) is 5.32 Å². The lowest BCUT2D eigenvalue weighted by Gasteiger charge is -2.42. The molecule has 4 rings (SSSR count). The number of carbonyl (C=O) groups excluding carboxylic acids is 1. The van der Waals surface area contributed by atoms with Crippen LogP contribution in [-0.4, -0.2) is 57.9 Å². The molecule has 1 aliphatic carbocycles. The maximum Gasteiger partial charge on any atom is 0.317 e. The van der Waals surface area contributed by atoms with Crippen LogP contribution in [0, 0.1) is 5.41 Å². The second-order valence-electron chi connectivity index (χ2n) is 7.53. The van der Waals surface area contributed by atoms with Crippen molar-refractivity contribution in [2.45, 2.75) is 30.1 Å². The minimum absolute atomic E-state index is 0.0691. The van der Waals surface area contributed by atoms with Gasteiger partial charge in [-0.05, 0) is 24.5 Å². The molecule has 0 aromatic heterocycles. The Bertz CT molecular complexity index is 773. The van der Waals surface area contributed by atoms with Crippen LogP contribution in [0.15, 0.2) is 29.2 Å². The van der Waals surface area contributed by atoms with Crippen molar-refractivity contribution in [1.82, 2.24) is 10.2 Å². The van der Waals surface area contributed by atoms with Crippen molar-refractivity contribution in [1.29, 1.82) is 0 Å². The molecule has 1 unspecified atom stereocenters. The van der Waals surface area contributed by atoms with Gasteiger partial charge in [0.05, 0.1) is 23.9 Å². The molecule has 2 aliphatic heterocycles. The zero-order valence-electron chi connectivity index (χ0n) is 14.2. The Balaban J connectivity index is 1.41. The van der Waals surface area contributed by atoms with Gasteiger partial charge in [0.1, 0.15) is 0 Å². The molecular formula is C18H24N2O4S. The molecule has 1 saturated heterocycles. The van der Waals surface area contributed by atoms with E-state index in [4.69, 9.17) is 4.74 Å². The average Bonchev–Trinajstić information content (AvgIpc) is 2.74. The molecular weight excluding hydrogens is 340 g/mol. The van der Waals surface area contributed by atoms with Gasteiger partial charge in [0.2, 0.25) is 0 Å². The summed E-state index contributed by atoms with van der Waals surface area (Å²) in [5.41, 5.74) is 0.953. The van der Waals surface area contributed by atoms with Gasteiger partial charge in [-0.1, -0.05) is 24.6 Å². The number of urea groups is 1. The summed E-state index contributed by atoms with van der Waals surface area (Å²) in [7, 11) is -3.23. The molecule has 6 nitrogen and oxygen atoms in total. The Hall–Kier alpha value is -1.60. The van der Waals surface area contributed by atoms with Crippen molar-refractivity contribution in [3.05, 3.63) is 29.8 Å². The zero-order chi connectivity index (χ0) is 17.5. The van der Waals surface area contributed by atoms with Gasteiger partial charge < -0.3 is 15.0 Å². The molecule has 3 aliphatic rings. The van der Waals surface area contributed by atoms with Gasteiger partial charge in [0.25, 0.3) is 0 Å². The lowest BCUT2D eigenvalue weighted by Crippen LogP contribution is -2.49. The van der Waals surface area contributed by atoms with E-state index in [9.17, 15) is 13.2 Å². The van der Waals surface area contributed by atoms with Crippen LogP contribution in [0.5, 0.6) is 0 Å². The Kier molecular flexibility index (Phi) is 4.24. The summed E-state index contributed by atoms with van der Waals surface area (Å²) in [4.78, 5) is 14.9. The summed E-state index contributed by atoms with van der Waals surface area (Å²) < 4.78 is 30.2. The van der Waals surface area contributed by atoms with Crippen LogP contribution in [0.4, 0.5) is 4.79 Å². The second kappa shape index (κ2) is 6.29. The maximum absolute atomic E-state index is 12.6. The highest BCUT2D eigenvalue weighted by atomic mass is 32.2. The number of sulfone groups is 1. The molecule has 1 N–H and O–H groups in total. The van der Waals surface area contributed by atoms with Gasteiger partial charge in [-0.25, -0.2) is 13.2 Å². The first-order valence-electron chi connectivity index (χ1n) is 8.91. The van der Waals surface area contributed by atoms with E-state index >= 15 is 0 Å². The molecule has 136 valence electrons. The molecule has 2 heterocycles. The van der Waals surface area contributed by atoms with E-state index in [-0.39, 0.29) is 23.1 Å². The highest BCUT2D eigenvalue weighted by molar-refractivity contribution is 7.91. The van der Waals surface area contributed by atoms with E-state index in [1.165, 1.54) is 6.42 Å². The number of ether oxygens (including phenoxy) is 1. The molecule has 1 aromatic carbocycles. The zero-order valence-corrected chi connectivity index (χ0v) is 15.1. The summed E-state index contributed by atoms with van der Waals surface area (Å²) in [6.45, 7) is 2.98. The van der Waals surface area contributed by atoms with Crippen LogP contribution < -0.4 is 5.32 Å². The minimum atomic E-state index is -3.23. The molecule has 1 aromatic rings. The number of nitrogens with zero attached hydrogens (tertiary/aromatic N) is 1. The van der Waals surface area contributed by atoms with E-state index in [1.807, 2.05) is 17.0 Å². The van der Waals surface area contributed by atoms with E-state index in [0.717, 1.165) is 31.6 Å². The summed E-state index contributed by atoms with van der Waals surface area (Å²) >= 11 is 0. The molecule has 1 spiro atoms. The number of benzene rings is 1. The van der Waals surface area contributed by atoms with E-state index < -0.39 is 9.84 Å². The van der Waals surface area contributed by atoms with Crippen LogP contribution in [-0.2, 0) is 14.6 Å². The summed E-state index contributed by atoms with van der Waals surface area (Å²) in [6, 6.07) is 6.98. The Labute approximate surface area is 148 Å². The molecule has 1 atom stereocenters. The summed E-state index contributed by atoms with van der Waals surface area (Å²) in [6.07, 6.45) is 3.44.